The van der Waals surface area contributed by atoms with Gasteiger partial charge in [-0.1, -0.05) is 12.1 Å². The highest BCUT2D eigenvalue weighted by molar-refractivity contribution is 5.36. The van der Waals surface area contributed by atoms with Crippen molar-refractivity contribution in [3.8, 4) is 5.75 Å². The van der Waals surface area contributed by atoms with E-state index in [0.717, 1.165) is 16.9 Å². The summed E-state index contributed by atoms with van der Waals surface area (Å²) in [4.78, 5) is 0. The molecular formula is C12H19NO2. The van der Waals surface area contributed by atoms with E-state index >= 15 is 0 Å². The first kappa shape index (κ1) is 12.0. The topological polar surface area (TPSA) is 44.5 Å². The normalized spacial score (nSPS) is 12.5. The third-order valence-electron chi connectivity index (χ3n) is 2.36. The first-order valence-electron chi connectivity index (χ1n) is 5.12. The minimum Gasteiger partial charge on any atom is -0.491 e. The maximum atomic E-state index is 5.65. The lowest BCUT2D eigenvalue weighted by molar-refractivity contribution is 0.0714. The number of ether oxygens (including phenoxy) is 2. The summed E-state index contributed by atoms with van der Waals surface area (Å²) < 4.78 is 10.8. The Balaban J connectivity index is 2.66. The van der Waals surface area contributed by atoms with E-state index in [1.54, 1.807) is 7.11 Å². The molecule has 3 heteroatoms. The summed E-state index contributed by atoms with van der Waals surface area (Å²) >= 11 is 0. The zero-order valence-corrected chi connectivity index (χ0v) is 9.62. The van der Waals surface area contributed by atoms with Gasteiger partial charge in [-0.2, -0.15) is 0 Å². The van der Waals surface area contributed by atoms with Crippen LogP contribution < -0.4 is 10.5 Å². The SMILES string of the molecule is COC(C)COc1cc(CN)ccc1C. The van der Waals surface area contributed by atoms with E-state index in [-0.39, 0.29) is 6.10 Å². The summed E-state index contributed by atoms with van der Waals surface area (Å²) in [6.45, 7) is 5.09. The van der Waals surface area contributed by atoms with Crippen LogP contribution in [0.2, 0.25) is 0 Å². The Hall–Kier alpha value is -1.06. The second-order valence-electron chi connectivity index (χ2n) is 3.66. The van der Waals surface area contributed by atoms with Gasteiger partial charge in [-0.3, -0.25) is 0 Å². The summed E-state index contributed by atoms with van der Waals surface area (Å²) in [5.41, 5.74) is 7.78. The Morgan fingerprint density at radius 3 is 2.73 bits per heavy atom. The van der Waals surface area contributed by atoms with Crippen LogP contribution in [0.25, 0.3) is 0 Å². The molecule has 3 nitrogen and oxygen atoms in total. The van der Waals surface area contributed by atoms with Crippen LogP contribution in [0.3, 0.4) is 0 Å². The largest absolute Gasteiger partial charge is 0.491 e. The standard InChI is InChI=1S/C12H19NO2/c1-9-4-5-11(7-13)6-12(9)15-8-10(2)14-3/h4-6,10H,7-8,13H2,1-3H3. The zero-order chi connectivity index (χ0) is 11.3. The molecule has 0 amide bonds. The van der Waals surface area contributed by atoms with E-state index in [1.807, 2.05) is 32.0 Å². The number of aryl methyl sites for hydroxylation is 1. The van der Waals surface area contributed by atoms with Gasteiger partial charge in [0.25, 0.3) is 0 Å². The first-order valence-corrected chi connectivity index (χ1v) is 5.12. The fraction of sp³-hybridized carbons (Fsp3) is 0.500. The van der Waals surface area contributed by atoms with Gasteiger partial charge in [-0.25, -0.2) is 0 Å². The van der Waals surface area contributed by atoms with Crippen LogP contribution in [0.5, 0.6) is 5.75 Å². The summed E-state index contributed by atoms with van der Waals surface area (Å²) in [7, 11) is 1.68. The molecular weight excluding hydrogens is 190 g/mol. The van der Waals surface area contributed by atoms with E-state index in [4.69, 9.17) is 15.2 Å². The molecule has 0 spiro atoms. The highest BCUT2D eigenvalue weighted by Crippen LogP contribution is 2.19. The second kappa shape index (κ2) is 5.73. The van der Waals surface area contributed by atoms with Crippen LogP contribution in [0.1, 0.15) is 18.1 Å². The Morgan fingerprint density at radius 1 is 1.40 bits per heavy atom. The van der Waals surface area contributed by atoms with Crippen LogP contribution in [0, 0.1) is 6.92 Å². The van der Waals surface area contributed by atoms with Crippen molar-refractivity contribution in [2.45, 2.75) is 26.5 Å². The van der Waals surface area contributed by atoms with E-state index in [9.17, 15) is 0 Å². The monoisotopic (exact) mass is 209 g/mol. The minimum absolute atomic E-state index is 0.103. The van der Waals surface area contributed by atoms with Crippen molar-refractivity contribution in [3.05, 3.63) is 29.3 Å². The number of rotatable bonds is 5. The number of hydrogen-bond donors (Lipinski definition) is 1. The van der Waals surface area contributed by atoms with Crippen molar-refractivity contribution in [3.63, 3.8) is 0 Å². The number of nitrogens with two attached hydrogens (primary N) is 1. The highest BCUT2D eigenvalue weighted by atomic mass is 16.5. The van der Waals surface area contributed by atoms with Crippen LogP contribution in [0.15, 0.2) is 18.2 Å². The predicted octanol–water partition coefficient (Wildman–Crippen LogP) is 1.87. The van der Waals surface area contributed by atoms with Gasteiger partial charge in [0, 0.05) is 13.7 Å². The molecule has 1 aromatic rings. The Labute approximate surface area is 91.2 Å². The van der Waals surface area contributed by atoms with Crippen LogP contribution in [0.4, 0.5) is 0 Å². The van der Waals surface area contributed by atoms with Crippen molar-refractivity contribution in [1.29, 1.82) is 0 Å². The van der Waals surface area contributed by atoms with Crippen LogP contribution in [-0.2, 0) is 11.3 Å². The van der Waals surface area contributed by atoms with Crippen molar-refractivity contribution in [1.82, 2.24) is 0 Å². The number of methoxy groups -OCH3 is 1. The van der Waals surface area contributed by atoms with Gasteiger partial charge in [-0.15, -0.1) is 0 Å². The van der Waals surface area contributed by atoms with Crippen LogP contribution >= 0.6 is 0 Å². The number of benzene rings is 1. The summed E-state index contributed by atoms with van der Waals surface area (Å²) in [5, 5.41) is 0. The molecule has 0 radical (unpaired) electrons. The summed E-state index contributed by atoms with van der Waals surface area (Å²) in [6.07, 6.45) is 0.103. The molecule has 0 heterocycles. The average molecular weight is 209 g/mol. The lowest BCUT2D eigenvalue weighted by atomic mass is 10.1. The van der Waals surface area contributed by atoms with Crippen molar-refractivity contribution < 1.29 is 9.47 Å². The van der Waals surface area contributed by atoms with E-state index in [2.05, 4.69) is 0 Å². The van der Waals surface area contributed by atoms with Crippen LogP contribution in [-0.4, -0.2) is 19.8 Å². The lowest BCUT2D eigenvalue weighted by Gasteiger charge is -2.14. The van der Waals surface area contributed by atoms with Gasteiger partial charge in [-0.05, 0) is 31.0 Å². The van der Waals surface area contributed by atoms with Crippen molar-refractivity contribution in [2.24, 2.45) is 5.73 Å². The molecule has 1 rings (SSSR count). The molecule has 15 heavy (non-hydrogen) atoms. The lowest BCUT2D eigenvalue weighted by Crippen LogP contribution is -2.16. The van der Waals surface area contributed by atoms with Crippen molar-refractivity contribution >= 4 is 0 Å². The van der Waals surface area contributed by atoms with Gasteiger partial charge in [0.1, 0.15) is 12.4 Å². The molecule has 0 fully saturated rings. The third-order valence-corrected chi connectivity index (χ3v) is 2.36. The quantitative estimate of drug-likeness (QED) is 0.805. The molecule has 1 unspecified atom stereocenters. The molecule has 1 aromatic carbocycles. The molecule has 84 valence electrons. The maximum absolute atomic E-state index is 5.65. The summed E-state index contributed by atoms with van der Waals surface area (Å²) in [6, 6.07) is 6.02. The van der Waals surface area contributed by atoms with Gasteiger partial charge in [0.05, 0.1) is 6.10 Å². The number of hydrogen-bond acceptors (Lipinski definition) is 3. The Morgan fingerprint density at radius 2 is 2.13 bits per heavy atom. The van der Waals surface area contributed by atoms with E-state index < -0.39 is 0 Å². The molecule has 0 bridgehead atoms. The van der Waals surface area contributed by atoms with Gasteiger partial charge < -0.3 is 15.2 Å². The average Bonchev–Trinajstić information content (AvgIpc) is 2.27. The molecule has 0 saturated heterocycles. The predicted molar refractivity (Wildman–Crippen MR) is 61.0 cm³/mol. The zero-order valence-electron chi connectivity index (χ0n) is 9.62. The molecule has 0 aliphatic carbocycles. The minimum atomic E-state index is 0.103. The maximum Gasteiger partial charge on any atom is 0.122 e. The molecule has 0 aliphatic heterocycles. The van der Waals surface area contributed by atoms with Gasteiger partial charge >= 0.3 is 0 Å². The Kier molecular flexibility index (Phi) is 4.59. The van der Waals surface area contributed by atoms with E-state index in [0.29, 0.717) is 13.2 Å². The molecule has 0 aliphatic rings. The molecule has 2 N–H and O–H groups in total. The van der Waals surface area contributed by atoms with Gasteiger partial charge in [0.2, 0.25) is 0 Å². The molecule has 1 atom stereocenters. The first-order chi connectivity index (χ1) is 7.17. The molecule has 0 aromatic heterocycles. The summed E-state index contributed by atoms with van der Waals surface area (Å²) in [5.74, 6) is 0.891. The van der Waals surface area contributed by atoms with E-state index in [1.165, 1.54) is 0 Å². The highest BCUT2D eigenvalue weighted by Gasteiger charge is 2.04. The Bertz CT molecular complexity index is 312. The fourth-order valence-electron chi connectivity index (χ4n) is 1.20. The smallest absolute Gasteiger partial charge is 0.122 e. The fourth-order valence-corrected chi connectivity index (χ4v) is 1.20. The third kappa shape index (κ3) is 3.53. The second-order valence-corrected chi connectivity index (χ2v) is 3.66. The molecule has 0 saturated carbocycles. The van der Waals surface area contributed by atoms with Crippen molar-refractivity contribution in [2.75, 3.05) is 13.7 Å². The van der Waals surface area contributed by atoms with Gasteiger partial charge in [0.15, 0.2) is 0 Å².